The maximum absolute atomic E-state index is 5.31. The zero-order chi connectivity index (χ0) is 18.4. The van der Waals surface area contributed by atoms with Crippen molar-refractivity contribution >= 4 is 5.96 Å². The van der Waals surface area contributed by atoms with Gasteiger partial charge in [-0.2, -0.15) is 5.10 Å². The fraction of sp³-hybridized carbons (Fsp3) is 0.474. The average Bonchev–Trinajstić information content (AvgIpc) is 2.83. The topological polar surface area (TPSA) is 63.5 Å². The third kappa shape index (κ3) is 4.75. The number of ether oxygens (including phenoxy) is 1. The van der Waals surface area contributed by atoms with Gasteiger partial charge in [-0.3, -0.25) is 4.68 Å². The van der Waals surface area contributed by atoms with Gasteiger partial charge in [-0.05, 0) is 44.9 Å². The van der Waals surface area contributed by atoms with E-state index in [2.05, 4.69) is 40.6 Å². The van der Waals surface area contributed by atoms with Crippen molar-refractivity contribution in [1.29, 1.82) is 0 Å². The highest BCUT2D eigenvalue weighted by molar-refractivity contribution is 5.79. The quantitative estimate of drug-likeness (QED) is 0.625. The van der Waals surface area contributed by atoms with Gasteiger partial charge in [0.2, 0.25) is 0 Å². The molecule has 1 aromatic carbocycles. The molecule has 0 aliphatic rings. The fourth-order valence-corrected chi connectivity index (χ4v) is 2.80. The van der Waals surface area contributed by atoms with Crippen LogP contribution < -0.4 is 15.4 Å². The molecule has 0 saturated heterocycles. The SMILES string of the molecule is CCNC(=NCc1ccc(OC)c(C)c1)NCc1c(C)nn(C)c1C. The highest BCUT2D eigenvalue weighted by Crippen LogP contribution is 2.18. The minimum atomic E-state index is 0.616. The van der Waals surface area contributed by atoms with Gasteiger partial charge in [-0.25, -0.2) is 4.99 Å². The molecule has 0 fully saturated rings. The van der Waals surface area contributed by atoms with E-state index in [1.54, 1.807) is 7.11 Å². The van der Waals surface area contributed by atoms with Gasteiger partial charge in [0.1, 0.15) is 5.75 Å². The number of rotatable bonds is 6. The third-order valence-electron chi connectivity index (χ3n) is 4.31. The molecule has 2 N–H and O–H groups in total. The Morgan fingerprint density at radius 2 is 2.00 bits per heavy atom. The Hall–Kier alpha value is -2.50. The number of benzene rings is 1. The van der Waals surface area contributed by atoms with Gasteiger partial charge in [0, 0.05) is 31.4 Å². The van der Waals surface area contributed by atoms with Crippen molar-refractivity contribution in [3.05, 3.63) is 46.3 Å². The molecule has 2 rings (SSSR count). The van der Waals surface area contributed by atoms with Gasteiger partial charge in [-0.15, -0.1) is 0 Å². The van der Waals surface area contributed by atoms with Crippen molar-refractivity contribution in [3.8, 4) is 5.75 Å². The summed E-state index contributed by atoms with van der Waals surface area (Å²) >= 11 is 0. The van der Waals surface area contributed by atoms with Crippen LogP contribution in [-0.2, 0) is 20.1 Å². The smallest absolute Gasteiger partial charge is 0.191 e. The van der Waals surface area contributed by atoms with Crippen molar-refractivity contribution in [3.63, 3.8) is 0 Å². The first-order valence-corrected chi connectivity index (χ1v) is 8.61. The summed E-state index contributed by atoms with van der Waals surface area (Å²) in [5.74, 6) is 1.71. The van der Waals surface area contributed by atoms with Crippen LogP contribution >= 0.6 is 0 Å². The average molecular weight is 343 g/mol. The van der Waals surface area contributed by atoms with Crippen molar-refractivity contribution in [2.75, 3.05) is 13.7 Å². The van der Waals surface area contributed by atoms with Crippen LogP contribution in [0.15, 0.2) is 23.2 Å². The van der Waals surface area contributed by atoms with E-state index < -0.39 is 0 Å². The molecule has 0 aliphatic heterocycles. The molecule has 1 aromatic heterocycles. The molecule has 0 aliphatic carbocycles. The predicted octanol–water partition coefficient (Wildman–Crippen LogP) is 2.61. The summed E-state index contributed by atoms with van der Waals surface area (Å²) in [7, 11) is 3.66. The highest BCUT2D eigenvalue weighted by Gasteiger charge is 2.09. The normalized spacial score (nSPS) is 11.5. The Morgan fingerprint density at radius 3 is 2.56 bits per heavy atom. The zero-order valence-electron chi connectivity index (χ0n) is 16.1. The number of aromatic nitrogens is 2. The molecule has 25 heavy (non-hydrogen) atoms. The van der Waals surface area contributed by atoms with Crippen molar-refractivity contribution in [2.24, 2.45) is 12.0 Å². The van der Waals surface area contributed by atoms with E-state index in [0.29, 0.717) is 13.1 Å². The van der Waals surface area contributed by atoms with Crippen LogP contribution in [0.2, 0.25) is 0 Å². The van der Waals surface area contributed by atoms with Gasteiger partial charge in [0.15, 0.2) is 5.96 Å². The summed E-state index contributed by atoms with van der Waals surface area (Å²) in [5.41, 5.74) is 5.72. The first kappa shape index (κ1) is 18.8. The minimum absolute atomic E-state index is 0.616. The van der Waals surface area contributed by atoms with E-state index in [4.69, 9.17) is 4.74 Å². The zero-order valence-corrected chi connectivity index (χ0v) is 16.1. The maximum Gasteiger partial charge on any atom is 0.191 e. The number of aliphatic imine (C=N–C) groups is 1. The first-order chi connectivity index (χ1) is 12.0. The highest BCUT2D eigenvalue weighted by atomic mass is 16.5. The molecular weight excluding hydrogens is 314 g/mol. The standard InChI is InChI=1S/C19H29N5O/c1-7-20-19(22-12-17-14(3)23-24(5)15(17)4)21-11-16-8-9-18(25-6)13(2)10-16/h8-10H,7,11-12H2,1-6H3,(H2,20,21,22). The molecular formula is C19H29N5O. The lowest BCUT2D eigenvalue weighted by Gasteiger charge is -2.12. The Balaban J connectivity index is 2.06. The molecule has 1 heterocycles. The summed E-state index contributed by atoms with van der Waals surface area (Å²) in [5, 5.41) is 11.2. The third-order valence-corrected chi connectivity index (χ3v) is 4.31. The molecule has 6 heteroatoms. The second kappa shape index (κ2) is 8.55. The summed E-state index contributed by atoms with van der Waals surface area (Å²) in [6.45, 7) is 10.4. The molecule has 2 aromatic rings. The summed E-state index contributed by atoms with van der Waals surface area (Å²) in [6.07, 6.45) is 0. The Labute approximate surface area is 150 Å². The molecule has 0 amide bonds. The van der Waals surface area contributed by atoms with Crippen LogP contribution in [0.3, 0.4) is 0 Å². The predicted molar refractivity (Wildman–Crippen MR) is 102 cm³/mol. The van der Waals surface area contributed by atoms with Crippen LogP contribution in [0, 0.1) is 20.8 Å². The number of guanidine groups is 1. The van der Waals surface area contributed by atoms with Crippen LogP contribution in [0.5, 0.6) is 5.75 Å². The lowest BCUT2D eigenvalue weighted by molar-refractivity contribution is 0.411. The van der Waals surface area contributed by atoms with E-state index in [1.165, 1.54) is 11.3 Å². The van der Waals surface area contributed by atoms with Crippen LogP contribution in [0.25, 0.3) is 0 Å². The number of nitrogens with one attached hydrogen (secondary N) is 2. The Kier molecular flexibility index (Phi) is 6.44. The van der Waals surface area contributed by atoms with E-state index in [-0.39, 0.29) is 0 Å². The van der Waals surface area contributed by atoms with Gasteiger partial charge in [0.05, 0.1) is 19.3 Å². The van der Waals surface area contributed by atoms with Crippen molar-refractivity contribution in [1.82, 2.24) is 20.4 Å². The van der Waals surface area contributed by atoms with Crippen LogP contribution in [-0.4, -0.2) is 29.4 Å². The molecule has 136 valence electrons. The summed E-state index contributed by atoms with van der Waals surface area (Å²) in [4.78, 5) is 4.69. The lowest BCUT2D eigenvalue weighted by Crippen LogP contribution is -2.37. The molecule has 0 radical (unpaired) electrons. The molecule has 0 atom stereocenters. The maximum atomic E-state index is 5.31. The molecule has 0 spiro atoms. The minimum Gasteiger partial charge on any atom is -0.496 e. The number of methoxy groups -OCH3 is 1. The number of aryl methyl sites for hydroxylation is 3. The Morgan fingerprint density at radius 1 is 1.24 bits per heavy atom. The second-order valence-electron chi connectivity index (χ2n) is 6.13. The molecule has 0 unspecified atom stereocenters. The molecule has 0 saturated carbocycles. The van der Waals surface area contributed by atoms with E-state index >= 15 is 0 Å². The van der Waals surface area contributed by atoms with E-state index in [0.717, 1.165) is 35.1 Å². The van der Waals surface area contributed by atoms with Gasteiger partial charge in [-0.1, -0.05) is 12.1 Å². The number of hydrogen-bond donors (Lipinski definition) is 2. The van der Waals surface area contributed by atoms with Gasteiger partial charge < -0.3 is 15.4 Å². The van der Waals surface area contributed by atoms with Crippen LogP contribution in [0.4, 0.5) is 0 Å². The number of hydrogen-bond acceptors (Lipinski definition) is 3. The van der Waals surface area contributed by atoms with Crippen molar-refractivity contribution < 1.29 is 4.74 Å². The monoisotopic (exact) mass is 343 g/mol. The van der Waals surface area contributed by atoms with E-state index in [9.17, 15) is 0 Å². The lowest BCUT2D eigenvalue weighted by atomic mass is 10.1. The molecule has 6 nitrogen and oxygen atoms in total. The van der Waals surface area contributed by atoms with Gasteiger partial charge in [0.25, 0.3) is 0 Å². The Bertz CT molecular complexity index is 749. The fourth-order valence-electron chi connectivity index (χ4n) is 2.80. The summed E-state index contributed by atoms with van der Waals surface area (Å²) in [6, 6.07) is 6.15. The molecule has 0 bridgehead atoms. The largest absolute Gasteiger partial charge is 0.496 e. The van der Waals surface area contributed by atoms with Crippen molar-refractivity contribution in [2.45, 2.75) is 40.8 Å². The second-order valence-corrected chi connectivity index (χ2v) is 6.13. The van der Waals surface area contributed by atoms with Gasteiger partial charge >= 0.3 is 0 Å². The van der Waals surface area contributed by atoms with E-state index in [1.807, 2.05) is 37.7 Å². The first-order valence-electron chi connectivity index (χ1n) is 8.61. The summed E-state index contributed by atoms with van der Waals surface area (Å²) < 4.78 is 7.22. The number of nitrogens with zero attached hydrogens (tertiary/aromatic N) is 3. The van der Waals surface area contributed by atoms with Crippen LogP contribution in [0.1, 0.15) is 35.0 Å².